The van der Waals surface area contributed by atoms with Crippen molar-refractivity contribution >= 4 is 5.97 Å². The van der Waals surface area contributed by atoms with Crippen LogP contribution < -0.4 is 9.47 Å². The van der Waals surface area contributed by atoms with E-state index in [1.807, 2.05) is 6.92 Å². The number of carbonyl (C=O) groups is 1. The predicted octanol–water partition coefficient (Wildman–Crippen LogP) is 2.34. The average molecular weight is 293 g/mol. The van der Waals surface area contributed by atoms with Gasteiger partial charge in [-0.15, -0.1) is 0 Å². The lowest BCUT2D eigenvalue weighted by molar-refractivity contribution is 0.0271. The number of rotatable bonds is 6. The topological polar surface area (TPSA) is 48.0 Å². The van der Waals surface area contributed by atoms with Gasteiger partial charge in [0, 0.05) is 6.54 Å². The summed E-state index contributed by atoms with van der Waals surface area (Å²) in [6, 6.07) is 5.04. The van der Waals surface area contributed by atoms with Crippen LogP contribution in [0.4, 0.5) is 0 Å². The van der Waals surface area contributed by atoms with Gasteiger partial charge in [0.1, 0.15) is 6.10 Å². The van der Waals surface area contributed by atoms with Gasteiger partial charge in [-0.05, 0) is 51.1 Å². The molecule has 0 radical (unpaired) electrons. The van der Waals surface area contributed by atoms with Crippen LogP contribution in [-0.4, -0.2) is 50.8 Å². The fourth-order valence-corrected chi connectivity index (χ4v) is 2.58. The maximum Gasteiger partial charge on any atom is 0.338 e. The molecule has 0 N–H and O–H groups in total. The van der Waals surface area contributed by atoms with Crippen molar-refractivity contribution in [3.05, 3.63) is 23.8 Å². The van der Waals surface area contributed by atoms with Crippen molar-refractivity contribution in [1.29, 1.82) is 0 Å². The summed E-state index contributed by atoms with van der Waals surface area (Å²) in [5.41, 5.74) is 0.473. The van der Waals surface area contributed by atoms with Crippen molar-refractivity contribution < 1.29 is 19.0 Å². The molecule has 0 bridgehead atoms. The molecule has 1 heterocycles. The number of benzene rings is 1. The highest BCUT2D eigenvalue weighted by Crippen LogP contribution is 2.27. The second-order valence-corrected chi connectivity index (χ2v) is 5.29. The van der Waals surface area contributed by atoms with Gasteiger partial charge < -0.3 is 14.2 Å². The fraction of sp³-hybridized carbons (Fsp3) is 0.562. The van der Waals surface area contributed by atoms with Gasteiger partial charge in [0.05, 0.1) is 19.8 Å². The Kier molecular flexibility index (Phi) is 5.44. The molecular formula is C16H23NO4. The highest BCUT2D eigenvalue weighted by molar-refractivity contribution is 5.90. The van der Waals surface area contributed by atoms with E-state index in [2.05, 4.69) is 4.90 Å². The molecule has 1 saturated heterocycles. The van der Waals surface area contributed by atoms with Crippen molar-refractivity contribution in [3.63, 3.8) is 0 Å². The summed E-state index contributed by atoms with van der Waals surface area (Å²) in [7, 11) is 3.11. The highest BCUT2D eigenvalue weighted by atomic mass is 16.5. The Morgan fingerprint density at radius 2 is 1.86 bits per heavy atom. The van der Waals surface area contributed by atoms with E-state index in [1.54, 1.807) is 32.4 Å². The first-order valence-corrected chi connectivity index (χ1v) is 7.29. The van der Waals surface area contributed by atoms with E-state index < -0.39 is 0 Å². The molecule has 1 aliphatic rings. The van der Waals surface area contributed by atoms with E-state index in [-0.39, 0.29) is 12.1 Å². The summed E-state index contributed by atoms with van der Waals surface area (Å²) in [5.74, 6) is 0.793. The Labute approximate surface area is 125 Å². The van der Waals surface area contributed by atoms with Gasteiger partial charge in [-0.1, -0.05) is 0 Å². The van der Waals surface area contributed by atoms with Crippen LogP contribution >= 0.6 is 0 Å². The monoisotopic (exact) mass is 293 g/mol. The number of hydrogen-bond donors (Lipinski definition) is 0. The molecule has 21 heavy (non-hydrogen) atoms. The summed E-state index contributed by atoms with van der Waals surface area (Å²) in [4.78, 5) is 14.5. The highest BCUT2D eigenvalue weighted by Gasteiger charge is 2.19. The Morgan fingerprint density at radius 3 is 2.48 bits per heavy atom. The first-order chi connectivity index (χ1) is 10.1. The smallest absolute Gasteiger partial charge is 0.338 e. The van der Waals surface area contributed by atoms with Crippen molar-refractivity contribution in [2.45, 2.75) is 25.9 Å². The zero-order chi connectivity index (χ0) is 15.2. The molecule has 0 saturated carbocycles. The number of ether oxygens (including phenoxy) is 3. The number of methoxy groups -OCH3 is 2. The lowest BCUT2D eigenvalue weighted by Crippen LogP contribution is -2.31. The molecule has 5 nitrogen and oxygen atoms in total. The van der Waals surface area contributed by atoms with E-state index in [0.29, 0.717) is 17.1 Å². The second-order valence-electron chi connectivity index (χ2n) is 5.29. The van der Waals surface area contributed by atoms with Crippen LogP contribution in [0.2, 0.25) is 0 Å². The molecule has 1 fully saturated rings. The van der Waals surface area contributed by atoms with Crippen molar-refractivity contribution in [2.24, 2.45) is 0 Å². The van der Waals surface area contributed by atoms with Gasteiger partial charge in [0.25, 0.3) is 0 Å². The van der Waals surface area contributed by atoms with Gasteiger partial charge >= 0.3 is 5.97 Å². The number of carbonyl (C=O) groups excluding carboxylic acids is 1. The number of likely N-dealkylation sites (tertiary alicyclic amines) is 1. The molecule has 1 aliphatic heterocycles. The van der Waals surface area contributed by atoms with Crippen molar-refractivity contribution in [1.82, 2.24) is 4.90 Å². The normalized spacial score (nSPS) is 16.5. The average Bonchev–Trinajstić information content (AvgIpc) is 2.99. The zero-order valence-electron chi connectivity index (χ0n) is 12.9. The molecule has 0 spiro atoms. The second kappa shape index (κ2) is 7.31. The van der Waals surface area contributed by atoms with Crippen LogP contribution in [0.15, 0.2) is 18.2 Å². The van der Waals surface area contributed by atoms with E-state index >= 15 is 0 Å². The number of hydrogen-bond acceptors (Lipinski definition) is 5. The van der Waals surface area contributed by atoms with Crippen LogP contribution in [0.1, 0.15) is 30.1 Å². The van der Waals surface area contributed by atoms with Gasteiger partial charge in [0.15, 0.2) is 11.5 Å². The standard InChI is InChI=1S/C16H23NO4/c1-12(11-17-8-4-5-9-17)21-16(18)13-6-7-14(19-2)15(10-13)20-3/h6-7,10,12H,4-5,8-9,11H2,1-3H3. The van der Waals surface area contributed by atoms with E-state index in [4.69, 9.17) is 14.2 Å². The molecule has 116 valence electrons. The van der Waals surface area contributed by atoms with E-state index in [1.165, 1.54) is 12.8 Å². The quantitative estimate of drug-likeness (QED) is 0.753. The van der Waals surface area contributed by atoms with E-state index in [0.717, 1.165) is 19.6 Å². The third-order valence-corrected chi connectivity index (χ3v) is 3.64. The largest absolute Gasteiger partial charge is 0.493 e. The van der Waals surface area contributed by atoms with Gasteiger partial charge in [0.2, 0.25) is 0 Å². The molecule has 1 unspecified atom stereocenters. The van der Waals surface area contributed by atoms with Crippen LogP contribution in [0.5, 0.6) is 11.5 Å². The molecule has 5 heteroatoms. The molecule has 1 aromatic carbocycles. The van der Waals surface area contributed by atoms with Crippen LogP contribution in [-0.2, 0) is 4.74 Å². The lowest BCUT2D eigenvalue weighted by atomic mass is 10.2. The van der Waals surface area contributed by atoms with Gasteiger partial charge in [-0.25, -0.2) is 4.79 Å². The fourth-order valence-electron chi connectivity index (χ4n) is 2.58. The van der Waals surface area contributed by atoms with Crippen LogP contribution in [0, 0.1) is 0 Å². The molecule has 2 rings (SSSR count). The summed E-state index contributed by atoms with van der Waals surface area (Å²) in [6.07, 6.45) is 2.34. The van der Waals surface area contributed by atoms with Crippen LogP contribution in [0.3, 0.4) is 0 Å². The Bertz CT molecular complexity index is 483. The summed E-state index contributed by atoms with van der Waals surface area (Å²) >= 11 is 0. The number of esters is 1. The first kappa shape index (κ1) is 15.6. The van der Waals surface area contributed by atoms with Gasteiger partial charge in [-0.3, -0.25) is 4.90 Å². The summed E-state index contributed by atoms with van der Waals surface area (Å²) in [6.45, 7) is 4.91. The minimum absolute atomic E-state index is 0.122. The Hall–Kier alpha value is -1.75. The lowest BCUT2D eigenvalue weighted by Gasteiger charge is -2.20. The molecule has 0 amide bonds. The zero-order valence-corrected chi connectivity index (χ0v) is 12.9. The minimum Gasteiger partial charge on any atom is -0.493 e. The maximum absolute atomic E-state index is 12.2. The molecule has 0 aliphatic carbocycles. The molecular weight excluding hydrogens is 270 g/mol. The third kappa shape index (κ3) is 4.11. The molecule has 1 atom stereocenters. The van der Waals surface area contributed by atoms with Crippen molar-refractivity contribution in [3.8, 4) is 11.5 Å². The SMILES string of the molecule is COc1ccc(C(=O)OC(C)CN2CCCC2)cc1OC. The molecule has 1 aromatic rings. The number of nitrogens with zero attached hydrogens (tertiary/aromatic N) is 1. The predicted molar refractivity (Wildman–Crippen MR) is 80.1 cm³/mol. The van der Waals surface area contributed by atoms with Crippen molar-refractivity contribution in [2.75, 3.05) is 33.9 Å². The summed E-state index contributed by atoms with van der Waals surface area (Å²) in [5, 5.41) is 0. The Morgan fingerprint density at radius 1 is 1.19 bits per heavy atom. The first-order valence-electron chi connectivity index (χ1n) is 7.29. The maximum atomic E-state index is 12.2. The minimum atomic E-state index is -0.331. The summed E-state index contributed by atoms with van der Waals surface area (Å²) < 4.78 is 15.8. The van der Waals surface area contributed by atoms with E-state index in [9.17, 15) is 4.79 Å². The molecule has 0 aromatic heterocycles. The van der Waals surface area contributed by atoms with Crippen LogP contribution in [0.25, 0.3) is 0 Å². The third-order valence-electron chi connectivity index (χ3n) is 3.64. The Balaban J connectivity index is 1.95. The van der Waals surface area contributed by atoms with Gasteiger partial charge in [-0.2, -0.15) is 0 Å².